The maximum atomic E-state index is 11.8. The second-order valence-electron chi connectivity index (χ2n) is 6.09. The summed E-state index contributed by atoms with van der Waals surface area (Å²) in [6.45, 7) is 9.96. The molecule has 0 aromatic heterocycles. The summed E-state index contributed by atoms with van der Waals surface area (Å²) >= 11 is 0. The Labute approximate surface area is 136 Å². The molecule has 1 rings (SSSR count). The molecule has 22 heavy (non-hydrogen) atoms. The number of aliphatic hydroxyl groups is 1. The van der Waals surface area contributed by atoms with Gasteiger partial charge in [-0.1, -0.05) is 46.5 Å². The highest BCUT2D eigenvalue weighted by Crippen LogP contribution is 2.26. The Morgan fingerprint density at radius 2 is 1.64 bits per heavy atom. The second kappa shape index (κ2) is 15.0. The van der Waals surface area contributed by atoms with Crippen molar-refractivity contribution in [2.24, 2.45) is 5.41 Å². The lowest BCUT2D eigenvalue weighted by atomic mass is 9.88. The molecule has 1 aliphatic carbocycles. The molecule has 0 bridgehead atoms. The van der Waals surface area contributed by atoms with Gasteiger partial charge in [0.15, 0.2) is 0 Å². The number of hydrogen-bond acceptors (Lipinski definition) is 4. The lowest BCUT2D eigenvalue weighted by Crippen LogP contribution is -2.36. The Balaban J connectivity index is 0. The predicted molar refractivity (Wildman–Crippen MR) is 90.8 cm³/mol. The Morgan fingerprint density at radius 1 is 1.14 bits per heavy atom. The molecule has 1 aliphatic rings. The summed E-state index contributed by atoms with van der Waals surface area (Å²) in [5, 5.41) is 9.18. The van der Waals surface area contributed by atoms with Gasteiger partial charge in [-0.3, -0.25) is 4.79 Å². The standard InChI is InChI=1S/C12H22O3.C5H12.CH2O/c1-3-12(2,9-13)11(14)15-10-7-5-4-6-8-10;1-3-5-4-2;1-2/h10,13H,3-9H2,1-2H3;3-5H2,1-2H3;1H2. The predicted octanol–water partition coefficient (Wildman–Crippen LogP) is 4.28. The van der Waals surface area contributed by atoms with Gasteiger partial charge in [0.05, 0.1) is 12.0 Å². The number of esters is 1. The van der Waals surface area contributed by atoms with E-state index in [1.807, 2.05) is 13.7 Å². The summed E-state index contributed by atoms with van der Waals surface area (Å²) in [7, 11) is 0. The van der Waals surface area contributed by atoms with Crippen LogP contribution in [0.5, 0.6) is 0 Å². The van der Waals surface area contributed by atoms with Gasteiger partial charge < -0.3 is 14.6 Å². The van der Waals surface area contributed by atoms with E-state index in [4.69, 9.17) is 9.53 Å². The minimum Gasteiger partial charge on any atom is -0.462 e. The van der Waals surface area contributed by atoms with E-state index in [9.17, 15) is 9.90 Å². The lowest BCUT2D eigenvalue weighted by molar-refractivity contribution is -0.164. The van der Waals surface area contributed by atoms with Gasteiger partial charge in [0, 0.05) is 0 Å². The molecule has 4 nitrogen and oxygen atoms in total. The highest BCUT2D eigenvalue weighted by Gasteiger charge is 2.34. The Hall–Kier alpha value is -0.900. The quantitative estimate of drug-likeness (QED) is 0.743. The van der Waals surface area contributed by atoms with Crippen LogP contribution in [0.1, 0.15) is 85.5 Å². The molecule has 0 saturated heterocycles. The van der Waals surface area contributed by atoms with Crippen molar-refractivity contribution >= 4 is 12.8 Å². The number of rotatable bonds is 6. The molecule has 0 radical (unpaired) electrons. The molecular formula is C18H36O4. The van der Waals surface area contributed by atoms with E-state index in [0.717, 1.165) is 25.7 Å². The van der Waals surface area contributed by atoms with Crippen LogP contribution in [-0.2, 0) is 14.3 Å². The van der Waals surface area contributed by atoms with Crippen molar-refractivity contribution in [2.75, 3.05) is 6.61 Å². The van der Waals surface area contributed by atoms with Crippen LogP contribution in [0.2, 0.25) is 0 Å². The van der Waals surface area contributed by atoms with Crippen molar-refractivity contribution in [3.63, 3.8) is 0 Å². The zero-order valence-electron chi connectivity index (χ0n) is 15.0. The first-order valence-corrected chi connectivity index (χ1v) is 8.64. The molecular weight excluding hydrogens is 280 g/mol. The van der Waals surface area contributed by atoms with Gasteiger partial charge in [0.1, 0.15) is 12.9 Å². The molecule has 1 N–H and O–H groups in total. The van der Waals surface area contributed by atoms with E-state index in [-0.39, 0.29) is 18.7 Å². The molecule has 0 aliphatic heterocycles. The molecule has 4 heteroatoms. The Bertz CT molecular complexity index is 254. The second-order valence-corrected chi connectivity index (χ2v) is 6.09. The average molecular weight is 316 g/mol. The zero-order valence-corrected chi connectivity index (χ0v) is 15.0. The fourth-order valence-corrected chi connectivity index (χ4v) is 2.15. The molecule has 0 amide bonds. The van der Waals surface area contributed by atoms with Crippen molar-refractivity contribution in [1.29, 1.82) is 0 Å². The third-order valence-corrected chi connectivity index (χ3v) is 4.16. The van der Waals surface area contributed by atoms with Crippen molar-refractivity contribution < 1.29 is 19.4 Å². The molecule has 1 atom stereocenters. The van der Waals surface area contributed by atoms with Gasteiger partial charge >= 0.3 is 5.97 Å². The molecule has 0 spiro atoms. The number of carbonyl (C=O) groups is 2. The van der Waals surface area contributed by atoms with E-state index in [1.54, 1.807) is 6.92 Å². The summed E-state index contributed by atoms with van der Waals surface area (Å²) in [6.07, 6.45) is 10.3. The first kappa shape index (κ1) is 23.4. The number of carbonyl (C=O) groups excluding carboxylic acids is 2. The normalized spacial score (nSPS) is 17.1. The van der Waals surface area contributed by atoms with Crippen LogP contribution in [-0.4, -0.2) is 30.6 Å². The van der Waals surface area contributed by atoms with Crippen molar-refractivity contribution in [2.45, 2.75) is 91.6 Å². The van der Waals surface area contributed by atoms with Gasteiger partial charge in [-0.05, 0) is 39.0 Å². The van der Waals surface area contributed by atoms with Gasteiger partial charge in [-0.25, -0.2) is 0 Å². The number of ether oxygens (including phenoxy) is 1. The van der Waals surface area contributed by atoms with Crippen molar-refractivity contribution in [1.82, 2.24) is 0 Å². The topological polar surface area (TPSA) is 63.6 Å². The minimum atomic E-state index is -0.711. The van der Waals surface area contributed by atoms with Crippen LogP contribution < -0.4 is 0 Å². The fraction of sp³-hybridized carbons (Fsp3) is 0.889. The third-order valence-electron chi connectivity index (χ3n) is 4.16. The first-order valence-electron chi connectivity index (χ1n) is 8.64. The van der Waals surface area contributed by atoms with E-state index < -0.39 is 5.41 Å². The molecule has 1 fully saturated rings. The van der Waals surface area contributed by atoms with E-state index in [0.29, 0.717) is 6.42 Å². The summed E-state index contributed by atoms with van der Waals surface area (Å²) in [5.41, 5.74) is -0.711. The average Bonchev–Trinajstić information content (AvgIpc) is 2.58. The number of unbranched alkanes of at least 4 members (excludes halogenated alkanes) is 2. The fourth-order valence-electron chi connectivity index (χ4n) is 2.15. The summed E-state index contributed by atoms with van der Waals surface area (Å²) < 4.78 is 5.44. The highest BCUT2D eigenvalue weighted by atomic mass is 16.5. The van der Waals surface area contributed by atoms with E-state index >= 15 is 0 Å². The third kappa shape index (κ3) is 9.93. The number of hydrogen-bond donors (Lipinski definition) is 1. The smallest absolute Gasteiger partial charge is 0.314 e. The molecule has 0 aromatic rings. The molecule has 1 unspecified atom stereocenters. The van der Waals surface area contributed by atoms with E-state index in [1.165, 1.54) is 25.7 Å². The maximum Gasteiger partial charge on any atom is 0.314 e. The van der Waals surface area contributed by atoms with Crippen LogP contribution in [0.15, 0.2) is 0 Å². The zero-order chi connectivity index (χ0) is 17.4. The van der Waals surface area contributed by atoms with Gasteiger partial charge in [-0.2, -0.15) is 0 Å². The van der Waals surface area contributed by atoms with Crippen molar-refractivity contribution in [3.05, 3.63) is 0 Å². The van der Waals surface area contributed by atoms with Gasteiger partial charge in [0.25, 0.3) is 0 Å². The molecule has 132 valence electrons. The lowest BCUT2D eigenvalue weighted by Gasteiger charge is -2.28. The highest BCUT2D eigenvalue weighted by molar-refractivity contribution is 5.76. The first-order chi connectivity index (χ1) is 10.5. The van der Waals surface area contributed by atoms with Crippen LogP contribution in [0.25, 0.3) is 0 Å². The SMILES string of the molecule is C=O.CCC(C)(CO)C(=O)OC1CCCCC1.CCCCC. The largest absolute Gasteiger partial charge is 0.462 e. The summed E-state index contributed by atoms with van der Waals surface area (Å²) in [4.78, 5) is 19.8. The van der Waals surface area contributed by atoms with Crippen LogP contribution in [0.4, 0.5) is 0 Å². The molecule has 1 saturated carbocycles. The number of aliphatic hydroxyl groups excluding tert-OH is 1. The molecule has 0 aromatic carbocycles. The maximum absolute atomic E-state index is 11.8. The minimum absolute atomic E-state index is 0.0867. The van der Waals surface area contributed by atoms with E-state index in [2.05, 4.69) is 13.8 Å². The molecule has 0 heterocycles. The summed E-state index contributed by atoms with van der Waals surface area (Å²) in [5.74, 6) is -0.237. The monoisotopic (exact) mass is 316 g/mol. The van der Waals surface area contributed by atoms with Crippen LogP contribution in [0.3, 0.4) is 0 Å². The summed E-state index contributed by atoms with van der Waals surface area (Å²) in [6, 6.07) is 0. The van der Waals surface area contributed by atoms with Crippen LogP contribution in [0, 0.1) is 5.41 Å². The van der Waals surface area contributed by atoms with Crippen LogP contribution >= 0.6 is 0 Å². The Morgan fingerprint density at radius 3 is 1.95 bits per heavy atom. The van der Waals surface area contributed by atoms with Gasteiger partial charge in [0.2, 0.25) is 0 Å². The van der Waals surface area contributed by atoms with Crippen molar-refractivity contribution in [3.8, 4) is 0 Å². The van der Waals surface area contributed by atoms with Gasteiger partial charge in [-0.15, -0.1) is 0 Å². The Kier molecular flexibility index (Phi) is 15.9.